The maximum Gasteiger partial charge on any atom is 0.255 e. The Kier molecular flexibility index (Phi) is 3.78. The molecule has 23 heavy (non-hydrogen) atoms. The van der Waals surface area contributed by atoms with Crippen LogP contribution in [0.2, 0.25) is 0 Å². The molecule has 0 aliphatic carbocycles. The van der Waals surface area contributed by atoms with Crippen molar-refractivity contribution in [2.75, 3.05) is 24.3 Å². The summed E-state index contributed by atoms with van der Waals surface area (Å²) in [5, 5.41) is 2.95. The minimum absolute atomic E-state index is 0.123. The lowest BCUT2D eigenvalue weighted by Crippen LogP contribution is -2.14. The number of nitrogens with one attached hydrogen (secondary N) is 1. The third-order valence-electron chi connectivity index (χ3n) is 3.98. The maximum absolute atomic E-state index is 12.5. The van der Waals surface area contributed by atoms with E-state index in [1.54, 1.807) is 0 Å². The molecule has 0 bridgehead atoms. The Balaban J connectivity index is 1.88. The summed E-state index contributed by atoms with van der Waals surface area (Å²) in [5.74, 6) is -0.123. The van der Waals surface area contributed by atoms with Gasteiger partial charge in [0.15, 0.2) is 0 Å². The van der Waals surface area contributed by atoms with E-state index in [0.29, 0.717) is 5.56 Å². The first kappa shape index (κ1) is 15.1. The number of nitrogens with zero attached hydrogens (tertiary/aromatic N) is 3. The lowest BCUT2D eigenvalue weighted by Gasteiger charge is -2.13. The van der Waals surface area contributed by atoms with Crippen LogP contribution in [0, 0.1) is 13.8 Å². The number of fused-ring (bicyclic) bond motifs is 1. The number of pyridine rings is 1. The van der Waals surface area contributed by atoms with E-state index in [4.69, 9.17) is 0 Å². The first-order chi connectivity index (χ1) is 11.0. The largest absolute Gasteiger partial charge is 0.378 e. The van der Waals surface area contributed by atoms with Crippen LogP contribution in [0.5, 0.6) is 0 Å². The van der Waals surface area contributed by atoms with Crippen LogP contribution >= 0.6 is 0 Å². The summed E-state index contributed by atoms with van der Waals surface area (Å²) < 4.78 is 1.99. The fraction of sp³-hybridized carbons (Fsp3) is 0.222. The van der Waals surface area contributed by atoms with Crippen LogP contribution in [0.4, 0.5) is 11.4 Å². The summed E-state index contributed by atoms with van der Waals surface area (Å²) in [6, 6.07) is 11.3. The number of amides is 1. The van der Waals surface area contributed by atoms with Gasteiger partial charge in [-0.15, -0.1) is 0 Å². The van der Waals surface area contributed by atoms with Crippen molar-refractivity contribution in [1.29, 1.82) is 0 Å². The number of benzene rings is 1. The molecule has 0 saturated heterocycles. The number of anilines is 2. The van der Waals surface area contributed by atoms with Gasteiger partial charge in [-0.25, -0.2) is 4.98 Å². The van der Waals surface area contributed by atoms with E-state index in [-0.39, 0.29) is 5.91 Å². The number of aromatic nitrogens is 2. The smallest absolute Gasteiger partial charge is 0.255 e. The average molecular weight is 308 g/mol. The van der Waals surface area contributed by atoms with Crippen LogP contribution < -0.4 is 10.2 Å². The van der Waals surface area contributed by atoms with Crippen LogP contribution in [-0.2, 0) is 0 Å². The molecule has 3 rings (SSSR count). The zero-order valence-electron chi connectivity index (χ0n) is 13.8. The SMILES string of the molecule is Cc1nc2ccc(NC(=O)c3cccc(N(C)C)c3)cn2c1C. The van der Waals surface area contributed by atoms with Gasteiger partial charge in [-0.2, -0.15) is 0 Å². The van der Waals surface area contributed by atoms with E-state index in [1.807, 2.05) is 79.8 Å². The zero-order chi connectivity index (χ0) is 16.6. The van der Waals surface area contributed by atoms with Crippen molar-refractivity contribution in [3.05, 3.63) is 59.5 Å². The fourth-order valence-corrected chi connectivity index (χ4v) is 2.48. The summed E-state index contributed by atoms with van der Waals surface area (Å²) in [5.41, 5.74) is 5.33. The van der Waals surface area contributed by atoms with E-state index in [9.17, 15) is 4.79 Å². The summed E-state index contributed by atoms with van der Waals surface area (Å²) in [7, 11) is 3.91. The molecule has 0 aliphatic rings. The monoisotopic (exact) mass is 308 g/mol. The fourth-order valence-electron chi connectivity index (χ4n) is 2.48. The topological polar surface area (TPSA) is 49.6 Å². The number of imidazole rings is 1. The first-order valence-corrected chi connectivity index (χ1v) is 7.50. The van der Waals surface area contributed by atoms with Gasteiger partial charge in [0.05, 0.1) is 11.4 Å². The minimum Gasteiger partial charge on any atom is -0.378 e. The predicted molar refractivity (Wildman–Crippen MR) is 93.4 cm³/mol. The predicted octanol–water partition coefficient (Wildman–Crippen LogP) is 3.27. The molecule has 0 radical (unpaired) electrons. The molecule has 1 amide bonds. The highest BCUT2D eigenvalue weighted by Gasteiger charge is 2.09. The molecule has 0 fully saturated rings. The van der Waals surface area contributed by atoms with Gasteiger partial charge < -0.3 is 14.6 Å². The van der Waals surface area contributed by atoms with Crippen molar-refractivity contribution < 1.29 is 4.79 Å². The number of hydrogen-bond acceptors (Lipinski definition) is 3. The summed E-state index contributed by atoms with van der Waals surface area (Å²) in [6.07, 6.45) is 1.90. The van der Waals surface area contributed by atoms with E-state index < -0.39 is 0 Å². The molecular formula is C18H20N4O. The van der Waals surface area contributed by atoms with Crippen molar-refractivity contribution >= 4 is 22.9 Å². The van der Waals surface area contributed by atoms with Crippen LogP contribution in [0.1, 0.15) is 21.7 Å². The number of aryl methyl sites for hydroxylation is 2. The Morgan fingerprint density at radius 3 is 2.70 bits per heavy atom. The van der Waals surface area contributed by atoms with Gasteiger partial charge in [0.2, 0.25) is 0 Å². The number of rotatable bonds is 3. The lowest BCUT2D eigenvalue weighted by atomic mass is 10.2. The second kappa shape index (κ2) is 5.76. The van der Waals surface area contributed by atoms with Crippen molar-refractivity contribution in [3.63, 3.8) is 0 Å². The van der Waals surface area contributed by atoms with Crippen molar-refractivity contribution in [1.82, 2.24) is 9.38 Å². The summed E-state index contributed by atoms with van der Waals surface area (Å²) in [4.78, 5) is 18.9. The van der Waals surface area contributed by atoms with Crippen LogP contribution in [-0.4, -0.2) is 29.4 Å². The van der Waals surface area contributed by atoms with Gasteiger partial charge in [0.1, 0.15) is 5.65 Å². The maximum atomic E-state index is 12.5. The summed E-state index contributed by atoms with van der Waals surface area (Å²) >= 11 is 0. The van der Waals surface area contributed by atoms with Crippen molar-refractivity contribution in [3.8, 4) is 0 Å². The third-order valence-corrected chi connectivity index (χ3v) is 3.98. The van der Waals surface area contributed by atoms with Crippen LogP contribution in [0.25, 0.3) is 5.65 Å². The Hall–Kier alpha value is -2.82. The third kappa shape index (κ3) is 2.90. The highest BCUT2D eigenvalue weighted by Crippen LogP contribution is 2.18. The van der Waals surface area contributed by atoms with E-state index in [0.717, 1.165) is 28.4 Å². The zero-order valence-corrected chi connectivity index (χ0v) is 13.8. The van der Waals surface area contributed by atoms with E-state index >= 15 is 0 Å². The Morgan fingerprint density at radius 2 is 1.96 bits per heavy atom. The van der Waals surface area contributed by atoms with Gasteiger partial charge in [-0.3, -0.25) is 4.79 Å². The van der Waals surface area contributed by atoms with Crippen LogP contribution in [0.15, 0.2) is 42.6 Å². The highest BCUT2D eigenvalue weighted by molar-refractivity contribution is 6.04. The quantitative estimate of drug-likeness (QED) is 0.808. The minimum atomic E-state index is -0.123. The van der Waals surface area contributed by atoms with E-state index in [2.05, 4.69) is 10.3 Å². The second-order valence-electron chi connectivity index (χ2n) is 5.83. The molecule has 3 aromatic rings. The Morgan fingerprint density at radius 1 is 1.17 bits per heavy atom. The Labute approximate surface area is 135 Å². The van der Waals surface area contributed by atoms with Gasteiger partial charge in [-0.1, -0.05) is 6.07 Å². The molecule has 5 heteroatoms. The highest BCUT2D eigenvalue weighted by atomic mass is 16.1. The molecule has 0 atom stereocenters. The molecule has 5 nitrogen and oxygen atoms in total. The second-order valence-corrected chi connectivity index (χ2v) is 5.83. The van der Waals surface area contributed by atoms with Crippen molar-refractivity contribution in [2.24, 2.45) is 0 Å². The molecule has 0 unspecified atom stereocenters. The first-order valence-electron chi connectivity index (χ1n) is 7.50. The molecular weight excluding hydrogens is 288 g/mol. The van der Waals surface area contributed by atoms with Gasteiger partial charge in [-0.05, 0) is 44.2 Å². The molecule has 2 aromatic heterocycles. The standard InChI is InChI=1S/C18H20N4O/c1-12-13(2)22-11-15(8-9-17(22)19-12)20-18(23)14-6-5-7-16(10-14)21(3)4/h5-11H,1-4H3,(H,20,23). The molecule has 0 saturated carbocycles. The van der Waals surface area contributed by atoms with Gasteiger partial charge >= 0.3 is 0 Å². The molecule has 0 aliphatic heterocycles. The van der Waals surface area contributed by atoms with Gasteiger partial charge in [0, 0.05) is 37.2 Å². The molecule has 1 aromatic carbocycles. The lowest BCUT2D eigenvalue weighted by molar-refractivity contribution is 0.102. The Bertz CT molecular complexity index is 880. The molecule has 0 spiro atoms. The average Bonchev–Trinajstić information content (AvgIpc) is 2.82. The van der Waals surface area contributed by atoms with Crippen molar-refractivity contribution in [2.45, 2.75) is 13.8 Å². The normalized spacial score (nSPS) is 10.8. The molecule has 2 heterocycles. The number of carbonyl (C=O) groups excluding carboxylic acids is 1. The van der Waals surface area contributed by atoms with Crippen LogP contribution in [0.3, 0.4) is 0 Å². The van der Waals surface area contributed by atoms with Gasteiger partial charge in [0.25, 0.3) is 5.91 Å². The number of carbonyl (C=O) groups is 1. The molecule has 1 N–H and O–H groups in total. The molecule has 118 valence electrons. The number of hydrogen-bond donors (Lipinski definition) is 1. The van der Waals surface area contributed by atoms with E-state index in [1.165, 1.54) is 0 Å². The summed E-state index contributed by atoms with van der Waals surface area (Å²) in [6.45, 7) is 3.99.